The maximum absolute atomic E-state index is 13.2. The largest absolute Gasteiger partial charge is 0.431 e. The first kappa shape index (κ1) is 28.7. The average Bonchev–Trinajstić information content (AvgIpc) is 3.17. The number of thioether (sulfide) groups is 3. The Balaban J connectivity index is 1.56. The second-order valence-corrected chi connectivity index (χ2v) is 13.0. The van der Waals surface area contributed by atoms with Gasteiger partial charge in [0.1, 0.15) is 16.1 Å². The van der Waals surface area contributed by atoms with Crippen LogP contribution in [0.3, 0.4) is 0 Å². The number of alkyl halides is 3. The van der Waals surface area contributed by atoms with Gasteiger partial charge < -0.3 is 9.73 Å². The fourth-order valence-corrected chi connectivity index (χ4v) is 6.18. The Labute approximate surface area is 222 Å². The van der Waals surface area contributed by atoms with Gasteiger partial charge in [-0.3, -0.25) is 4.79 Å². The van der Waals surface area contributed by atoms with Gasteiger partial charge in [0, 0.05) is 33.3 Å². The van der Waals surface area contributed by atoms with Crippen LogP contribution < -0.4 is 5.32 Å². The Kier molecular flexibility index (Phi) is 10.1. The Morgan fingerprint density at radius 3 is 2.47 bits per heavy atom. The topological polar surface area (TPSA) is 68.0 Å². The normalized spacial score (nSPS) is 12.2. The molecule has 36 heavy (non-hydrogen) atoms. The van der Waals surface area contributed by atoms with Crippen molar-refractivity contribution in [2.24, 2.45) is 0 Å². The van der Waals surface area contributed by atoms with Crippen molar-refractivity contribution in [1.82, 2.24) is 9.97 Å². The number of benzene rings is 1. The predicted octanol–water partition coefficient (Wildman–Crippen LogP) is 8.45. The minimum atomic E-state index is -4.50. The van der Waals surface area contributed by atoms with E-state index in [-0.39, 0.29) is 22.2 Å². The van der Waals surface area contributed by atoms with Crippen molar-refractivity contribution in [2.75, 3.05) is 11.1 Å². The van der Waals surface area contributed by atoms with Gasteiger partial charge >= 0.3 is 6.18 Å². The highest BCUT2D eigenvalue weighted by molar-refractivity contribution is 8.01. The zero-order valence-corrected chi connectivity index (χ0v) is 23.3. The van der Waals surface area contributed by atoms with Crippen LogP contribution in [0.5, 0.6) is 0 Å². The number of fused-ring (bicyclic) bond motifs is 1. The lowest BCUT2D eigenvalue weighted by Gasteiger charge is -2.18. The molecule has 0 atom stereocenters. The lowest BCUT2D eigenvalue weighted by Crippen LogP contribution is -2.14. The predicted molar refractivity (Wildman–Crippen MR) is 143 cm³/mol. The van der Waals surface area contributed by atoms with Crippen LogP contribution in [0, 0.1) is 6.92 Å². The van der Waals surface area contributed by atoms with E-state index in [1.807, 2.05) is 13.0 Å². The molecule has 1 N–H and O–H groups in total. The molecule has 1 aromatic carbocycles. The van der Waals surface area contributed by atoms with Gasteiger partial charge in [-0.15, -0.1) is 23.5 Å². The van der Waals surface area contributed by atoms with Crippen LogP contribution in [-0.2, 0) is 11.0 Å². The first-order chi connectivity index (χ1) is 16.9. The van der Waals surface area contributed by atoms with Crippen LogP contribution in [0.1, 0.15) is 58.2 Å². The van der Waals surface area contributed by atoms with Crippen LogP contribution >= 0.6 is 35.3 Å². The van der Waals surface area contributed by atoms with Crippen molar-refractivity contribution in [3.63, 3.8) is 0 Å². The smallest absolute Gasteiger partial charge is 0.420 e. The molecule has 0 aliphatic heterocycles. The second-order valence-electron chi connectivity index (χ2n) is 8.76. The lowest BCUT2D eigenvalue weighted by molar-refractivity contribution is -0.136. The number of oxazole rings is 1. The number of amides is 1. The molecule has 2 aromatic heterocycles. The van der Waals surface area contributed by atoms with Crippen LogP contribution in [0.2, 0.25) is 0 Å². The first-order valence-electron chi connectivity index (χ1n) is 11.7. The Hall–Kier alpha value is -1.85. The van der Waals surface area contributed by atoms with Gasteiger partial charge in [-0.25, -0.2) is 9.97 Å². The molecule has 0 saturated carbocycles. The number of anilines is 1. The van der Waals surface area contributed by atoms with Crippen molar-refractivity contribution < 1.29 is 22.4 Å². The number of aryl methyl sites for hydroxylation is 1. The number of aromatic nitrogens is 2. The summed E-state index contributed by atoms with van der Waals surface area (Å²) in [6.45, 7) is 10.4. The van der Waals surface area contributed by atoms with E-state index in [0.717, 1.165) is 27.4 Å². The minimum absolute atomic E-state index is 0.0847. The summed E-state index contributed by atoms with van der Waals surface area (Å²) in [5.74, 6) is 0.495. The molecule has 11 heteroatoms. The highest BCUT2D eigenvalue weighted by Gasteiger charge is 2.34. The molecule has 0 unspecified atom stereocenters. The minimum Gasteiger partial charge on any atom is -0.431 e. The van der Waals surface area contributed by atoms with Gasteiger partial charge in [-0.05, 0) is 38.0 Å². The highest BCUT2D eigenvalue weighted by atomic mass is 32.2. The third-order valence-electron chi connectivity index (χ3n) is 4.78. The SMILES string of the molecule is Cc1cc(SC(C)C)c(NC(=O)CCCCSc2nc3cccc(C(F)(F)F)c3o2)c(SC(C)C)n1. The number of halogens is 3. The highest BCUT2D eigenvalue weighted by Crippen LogP contribution is 2.39. The molecule has 0 fully saturated rings. The van der Waals surface area contributed by atoms with Gasteiger partial charge in [-0.2, -0.15) is 13.2 Å². The molecule has 0 spiro atoms. The third kappa shape index (κ3) is 8.08. The van der Waals surface area contributed by atoms with Gasteiger partial charge in [0.2, 0.25) is 5.91 Å². The monoisotopic (exact) mass is 557 g/mol. The number of nitrogens with one attached hydrogen (secondary N) is 1. The number of nitrogens with zero attached hydrogens (tertiary/aromatic N) is 2. The molecule has 196 valence electrons. The number of hydrogen-bond donors (Lipinski definition) is 1. The summed E-state index contributed by atoms with van der Waals surface area (Å²) in [6.07, 6.45) is -2.85. The van der Waals surface area contributed by atoms with Gasteiger partial charge in [0.05, 0.1) is 5.69 Å². The second kappa shape index (κ2) is 12.6. The van der Waals surface area contributed by atoms with E-state index in [4.69, 9.17) is 4.42 Å². The Morgan fingerprint density at radius 2 is 1.81 bits per heavy atom. The maximum atomic E-state index is 13.2. The van der Waals surface area contributed by atoms with E-state index in [0.29, 0.717) is 35.5 Å². The molecule has 5 nitrogen and oxygen atoms in total. The van der Waals surface area contributed by atoms with Crippen molar-refractivity contribution in [3.05, 3.63) is 35.5 Å². The summed E-state index contributed by atoms with van der Waals surface area (Å²) in [5.41, 5.74) is 0.793. The van der Waals surface area contributed by atoms with Crippen LogP contribution in [0.25, 0.3) is 11.1 Å². The van der Waals surface area contributed by atoms with Crippen LogP contribution in [0.4, 0.5) is 18.9 Å². The number of pyridine rings is 1. The number of carbonyl (C=O) groups excluding carboxylic acids is 1. The molecular weight excluding hydrogens is 527 g/mol. The van der Waals surface area contributed by atoms with Gasteiger partial charge in [0.25, 0.3) is 5.22 Å². The third-order valence-corrected chi connectivity index (χ3v) is 7.73. The summed E-state index contributed by atoms with van der Waals surface area (Å²) in [4.78, 5) is 22.6. The molecule has 2 heterocycles. The van der Waals surface area contributed by atoms with E-state index < -0.39 is 11.7 Å². The van der Waals surface area contributed by atoms with Crippen molar-refractivity contribution >= 4 is 58.0 Å². The molecule has 3 rings (SSSR count). The van der Waals surface area contributed by atoms with Crippen LogP contribution in [-0.4, -0.2) is 32.1 Å². The average molecular weight is 558 g/mol. The number of para-hydroxylation sites is 1. The number of carbonyl (C=O) groups is 1. The standard InChI is InChI=1S/C25H30F3N3O2S3/c1-14(2)35-19-13-16(5)29-23(36-15(3)4)21(19)31-20(32)11-6-7-12-34-24-30-18-10-8-9-17(22(18)33-24)25(26,27)28/h8-10,13-15H,6-7,11-12H2,1-5H3,(H,31,32). The van der Waals surface area contributed by atoms with Gasteiger partial charge in [0.15, 0.2) is 5.58 Å². The van der Waals surface area contributed by atoms with E-state index in [1.54, 1.807) is 23.5 Å². The molecule has 3 aromatic rings. The lowest BCUT2D eigenvalue weighted by atomic mass is 10.2. The molecule has 0 bridgehead atoms. The number of unbranched alkanes of at least 4 members (excludes halogenated alkanes) is 1. The van der Waals surface area contributed by atoms with Gasteiger partial charge in [-0.1, -0.05) is 45.5 Å². The van der Waals surface area contributed by atoms with E-state index in [2.05, 4.69) is 43.0 Å². The molecule has 0 aliphatic carbocycles. The summed E-state index contributed by atoms with van der Waals surface area (Å²) < 4.78 is 44.9. The summed E-state index contributed by atoms with van der Waals surface area (Å²) in [6, 6.07) is 5.81. The Bertz CT molecular complexity index is 1170. The molecule has 0 radical (unpaired) electrons. The maximum Gasteiger partial charge on any atom is 0.420 e. The molecular formula is C25H30F3N3O2S3. The summed E-state index contributed by atoms with van der Waals surface area (Å²) in [7, 11) is 0. The summed E-state index contributed by atoms with van der Waals surface area (Å²) in [5, 5.41) is 4.78. The first-order valence-corrected chi connectivity index (χ1v) is 14.4. The zero-order chi connectivity index (χ0) is 26.5. The number of rotatable bonds is 11. The van der Waals surface area contributed by atoms with Crippen molar-refractivity contribution in [1.29, 1.82) is 0 Å². The molecule has 1 amide bonds. The fourth-order valence-electron chi connectivity index (χ4n) is 3.35. The van der Waals surface area contributed by atoms with E-state index in [1.165, 1.54) is 23.9 Å². The van der Waals surface area contributed by atoms with Crippen molar-refractivity contribution in [3.8, 4) is 0 Å². The Morgan fingerprint density at radius 1 is 1.08 bits per heavy atom. The zero-order valence-electron chi connectivity index (χ0n) is 20.9. The summed E-state index contributed by atoms with van der Waals surface area (Å²) >= 11 is 4.57. The van der Waals surface area contributed by atoms with E-state index in [9.17, 15) is 18.0 Å². The quantitative estimate of drug-likeness (QED) is 0.187. The van der Waals surface area contributed by atoms with Crippen LogP contribution in [0.15, 0.2) is 43.8 Å². The number of hydrogen-bond acceptors (Lipinski definition) is 7. The molecule has 0 saturated heterocycles. The fraction of sp³-hybridized carbons (Fsp3) is 0.480. The van der Waals surface area contributed by atoms with Crippen molar-refractivity contribution in [2.45, 2.75) is 85.7 Å². The van der Waals surface area contributed by atoms with E-state index >= 15 is 0 Å². The molecule has 0 aliphatic rings.